The molecule has 1 rings (SSSR count). The number of hydrogen-bond donors (Lipinski definition) is 1. The molecule has 1 saturated carbocycles. The normalized spacial score (nSPS) is 18.8. The summed E-state index contributed by atoms with van der Waals surface area (Å²) in [7, 11) is 1.42. The Balaban J connectivity index is 2.18. The van der Waals surface area contributed by atoms with E-state index in [2.05, 4.69) is 4.74 Å². The standard InChI is InChI=1S/C9H17NO2/c1-12-9(11)5-8(6-10)4-7-2-3-7/h7-8H,2-6,10H2,1H3. The zero-order valence-corrected chi connectivity index (χ0v) is 7.58. The minimum atomic E-state index is -0.133. The van der Waals surface area contributed by atoms with Gasteiger partial charge in [-0.15, -0.1) is 0 Å². The highest BCUT2D eigenvalue weighted by atomic mass is 16.5. The zero-order valence-electron chi connectivity index (χ0n) is 7.58. The summed E-state index contributed by atoms with van der Waals surface area (Å²) in [5, 5.41) is 0. The number of carbonyl (C=O) groups excluding carboxylic acids is 1. The number of rotatable bonds is 5. The average molecular weight is 171 g/mol. The van der Waals surface area contributed by atoms with E-state index >= 15 is 0 Å². The SMILES string of the molecule is COC(=O)CC(CN)CC1CC1. The smallest absolute Gasteiger partial charge is 0.305 e. The van der Waals surface area contributed by atoms with Crippen molar-refractivity contribution in [2.45, 2.75) is 25.7 Å². The fourth-order valence-electron chi connectivity index (χ4n) is 1.41. The van der Waals surface area contributed by atoms with Gasteiger partial charge in [0.15, 0.2) is 0 Å². The maximum absolute atomic E-state index is 10.9. The van der Waals surface area contributed by atoms with Gasteiger partial charge in [-0.1, -0.05) is 12.8 Å². The van der Waals surface area contributed by atoms with Gasteiger partial charge in [0.25, 0.3) is 0 Å². The van der Waals surface area contributed by atoms with Crippen molar-refractivity contribution in [2.24, 2.45) is 17.6 Å². The van der Waals surface area contributed by atoms with Crippen LogP contribution in [0.4, 0.5) is 0 Å². The molecule has 70 valence electrons. The first-order valence-corrected chi connectivity index (χ1v) is 4.53. The molecule has 1 fully saturated rings. The van der Waals surface area contributed by atoms with Crippen molar-refractivity contribution in [3.05, 3.63) is 0 Å². The average Bonchev–Trinajstić information content (AvgIpc) is 2.86. The van der Waals surface area contributed by atoms with E-state index < -0.39 is 0 Å². The van der Waals surface area contributed by atoms with Gasteiger partial charge in [0, 0.05) is 6.42 Å². The van der Waals surface area contributed by atoms with E-state index in [1.54, 1.807) is 0 Å². The van der Waals surface area contributed by atoms with Crippen LogP contribution in [0.3, 0.4) is 0 Å². The van der Waals surface area contributed by atoms with E-state index in [4.69, 9.17) is 5.73 Å². The van der Waals surface area contributed by atoms with Crippen LogP contribution >= 0.6 is 0 Å². The number of ether oxygens (including phenoxy) is 1. The third-order valence-corrected chi connectivity index (χ3v) is 2.38. The van der Waals surface area contributed by atoms with Crippen molar-refractivity contribution in [1.82, 2.24) is 0 Å². The molecule has 2 N–H and O–H groups in total. The van der Waals surface area contributed by atoms with Crippen molar-refractivity contribution < 1.29 is 9.53 Å². The molecule has 1 unspecified atom stereocenters. The van der Waals surface area contributed by atoms with Crippen LogP contribution in [0.15, 0.2) is 0 Å². The van der Waals surface area contributed by atoms with E-state index in [0.717, 1.165) is 12.3 Å². The first-order valence-electron chi connectivity index (χ1n) is 4.53. The molecule has 0 aliphatic heterocycles. The van der Waals surface area contributed by atoms with E-state index in [0.29, 0.717) is 18.9 Å². The Morgan fingerprint density at radius 3 is 2.75 bits per heavy atom. The van der Waals surface area contributed by atoms with Gasteiger partial charge in [-0.2, -0.15) is 0 Å². The summed E-state index contributed by atoms with van der Waals surface area (Å²) in [5.74, 6) is 1.04. The summed E-state index contributed by atoms with van der Waals surface area (Å²) in [5.41, 5.74) is 5.54. The van der Waals surface area contributed by atoms with Crippen LogP contribution in [0, 0.1) is 11.8 Å². The number of esters is 1. The van der Waals surface area contributed by atoms with Gasteiger partial charge < -0.3 is 10.5 Å². The monoisotopic (exact) mass is 171 g/mol. The molecule has 3 heteroatoms. The first kappa shape index (κ1) is 9.52. The second-order valence-electron chi connectivity index (χ2n) is 3.56. The Morgan fingerprint density at radius 1 is 1.67 bits per heavy atom. The fraction of sp³-hybridized carbons (Fsp3) is 0.889. The van der Waals surface area contributed by atoms with Crippen molar-refractivity contribution in [3.63, 3.8) is 0 Å². The third-order valence-electron chi connectivity index (χ3n) is 2.38. The predicted octanol–water partition coefficient (Wildman–Crippen LogP) is 0.924. The maximum Gasteiger partial charge on any atom is 0.305 e. The van der Waals surface area contributed by atoms with Crippen LogP contribution in [0.25, 0.3) is 0 Å². The summed E-state index contributed by atoms with van der Waals surface area (Å²) in [6, 6.07) is 0. The lowest BCUT2D eigenvalue weighted by atomic mass is 9.99. The van der Waals surface area contributed by atoms with E-state index in [1.807, 2.05) is 0 Å². The summed E-state index contributed by atoms with van der Waals surface area (Å²) >= 11 is 0. The molecule has 1 aliphatic rings. The minimum Gasteiger partial charge on any atom is -0.469 e. The Kier molecular flexibility index (Phi) is 3.53. The van der Waals surface area contributed by atoms with Crippen LogP contribution in [-0.4, -0.2) is 19.6 Å². The lowest BCUT2D eigenvalue weighted by Gasteiger charge is -2.11. The second-order valence-corrected chi connectivity index (χ2v) is 3.56. The molecule has 0 heterocycles. The van der Waals surface area contributed by atoms with Gasteiger partial charge >= 0.3 is 5.97 Å². The summed E-state index contributed by atoms with van der Waals surface area (Å²) < 4.78 is 4.59. The molecule has 3 nitrogen and oxygen atoms in total. The van der Waals surface area contributed by atoms with Crippen molar-refractivity contribution in [3.8, 4) is 0 Å². The fourth-order valence-corrected chi connectivity index (χ4v) is 1.41. The Labute approximate surface area is 73.3 Å². The quantitative estimate of drug-likeness (QED) is 0.626. The Bertz CT molecular complexity index is 155. The Hall–Kier alpha value is -0.570. The van der Waals surface area contributed by atoms with E-state index in [-0.39, 0.29) is 5.97 Å². The van der Waals surface area contributed by atoms with Crippen LogP contribution in [-0.2, 0) is 9.53 Å². The molecular weight excluding hydrogens is 154 g/mol. The molecule has 0 aromatic heterocycles. The number of carbonyl (C=O) groups is 1. The van der Waals surface area contributed by atoms with Crippen LogP contribution in [0.5, 0.6) is 0 Å². The zero-order chi connectivity index (χ0) is 8.97. The number of methoxy groups -OCH3 is 1. The highest BCUT2D eigenvalue weighted by Gasteiger charge is 2.26. The number of hydrogen-bond acceptors (Lipinski definition) is 3. The molecule has 0 spiro atoms. The highest BCUT2D eigenvalue weighted by molar-refractivity contribution is 5.69. The largest absolute Gasteiger partial charge is 0.469 e. The van der Waals surface area contributed by atoms with Gasteiger partial charge in [-0.05, 0) is 24.8 Å². The summed E-state index contributed by atoms with van der Waals surface area (Å²) in [6.45, 7) is 0.603. The molecule has 0 aromatic carbocycles. The minimum absolute atomic E-state index is 0.133. The van der Waals surface area contributed by atoms with E-state index in [9.17, 15) is 4.79 Å². The van der Waals surface area contributed by atoms with Crippen molar-refractivity contribution >= 4 is 5.97 Å². The lowest BCUT2D eigenvalue weighted by Crippen LogP contribution is -2.19. The molecule has 1 atom stereocenters. The summed E-state index contributed by atoms with van der Waals surface area (Å²) in [6.07, 6.45) is 4.23. The third kappa shape index (κ3) is 3.22. The molecular formula is C9H17NO2. The Morgan fingerprint density at radius 2 is 2.33 bits per heavy atom. The molecule has 0 aromatic rings. The topological polar surface area (TPSA) is 52.3 Å². The molecule has 0 saturated heterocycles. The number of nitrogens with two attached hydrogens (primary N) is 1. The van der Waals surface area contributed by atoms with Crippen LogP contribution < -0.4 is 5.73 Å². The van der Waals surface area contributed by atoms with Gasteiger partial charge in [-0.3, -0.25) is 4.79 Å². The predicted molar refractivity (Wildman–Crippen MR) is 46.5 cm³/mol. The highest BCUT2D eigenvalue weighted by Crippen LogP contribution is 2.35. The van der Waals surface area contributed by atoms with Crippen LogP contribution in [0.1, 0.15) is 25.7 Å². The van der Waals surface area contributed by atoms with Gasteiger partial charge in [-0.25, -0.2) is 0 Å². The van der Waals surface area contributed by atoms with Gasteiger partial charge in [0.1, 0.15) is 0 Å². The molecule has 1 aliphatic carbocycles. The molecule has 12 heavy (non-hydrogen) atoms. The lowest BCUT2D eigenvalue weighted by molar-refractivity contribution is -0.141. The van der Waals surface area contributed by atoms with Gasteiger partial charge in [0.2, 0.25) is 0 Å². The molecule has 0 amide bonds. The van der Waals surface area contributed by atoms with Gasteiger partial charge in [0.05, 0.1) is 7.11 Å². The molecule has 0 radical (unpaired) electrons. The van der Waals surface area contributed by atoms with Crippen molar-refractivity contribution in [1.29, 1.82) is 0 Å². The molecule has 0 bridgehead atoms. The van der Waals surface area contributed by atoms with Crippen LogP contribution in [0.2, 0.25) is 0 Å². The summed E-state index contributed by atoms with van der Waals surface area (Å²) in [4.78, 5) is 10.9. The first-order chi connectivity index (χ1) is 5.76. The van der Waals surface area contributed by atoms with E-state index in [1.165, 1.54) is 20.0 Å². The van der Waals surface area contributed by atoms with Crippen molar-refractivity contribution in [2.75, 3.05) is 13.7 Å². The maximum atomic E-state index is 10.9. The second kappa shape index (κ2) is 4.45.